The summed E-state index contributed by atoms with van der Waals surface area (Å²) >= 11 is 7.42. The van der Waals surface area contributed by atoms with Crippen LogP contribution in [0.15, 0.2) is 111 Å². The lowest BCUT2D eigenvalue weighted by Gasteiger charge is -2.25. The van der Waals surface area contributed by atoms with Crippen molar-refractivity contribution in [1.82, 2.24) is 4.57 Å². The summed E-state index contributed by atoms with van der Waals surface area (Å²) in [6, 6.07) is 26.2. The fourth-order valence-corrected chi connectivity index (χ4v) is 6.39. The number of benzene rings is 3. The molecule has 1 aliphatic heterocycles. The molecular weight excluding hydrogens is 636 g/mol. The first kappa shape index (κ1) is 32.0. The molecule has 2 aromatic heterocycles. The van der Waals surface area contributed by atoms with Crippen molar-refractivity contribution in [1.29, 1.82) is 0 Å². The van der Waals surface area contributed by atoms with Crippen LogP contribution in [0.25, 0.3) is 23.1 Å². The highest BCUT2D eigenvalue weighted by Crippen LogP contribution is 2.35. The Morgan fingerprint density at radius 1 is 0.915 bits per heavy atom. The molecule has 0 aliphatic carbocycles. The Hall–Kier alpha value is -4.99. The molecule has 8 nitrogen and oxygen atoms in total. The molecule has 0 bridgehead atoms. The Morgan fingerprint density at radius 2 is 1.66 bits per heavy atom. The zero-order valence-corrected chi connectivity index (χ0v) is 27.3. The maximum absolute atomic E-state index is 14.1. The first-order valence-corrected chi connectivity index (χ1v) is 16.5. The van der Waals surface area contributed by atoms with E-state index >= 15 is 0 Å². The number of carbonyl (C=O) groups excluding carboxylic acids is 2. The van der Waals surface area contributed by atoms with E-state index in [-0.39, 0.29) is 23.7 Å². The zero-order chi connectivity index (χ0) is 32.9. The number of aromatic nitrogens is 1. The van der Waals surface area contributed by atoms with Crippen LogP contribution in [-0.4, -0.2) is 29.7 Å². The van der Waals surface area contributed by atoms with Crippen molar-refractivity contribution in [2.45, 2.75) is 32.7 Å². The standard InChI is InChI=1S/C37H31ClN2O6S/c1-3-5-21-45-35(42)26-13-11-23(12-14-26)29-20-19-28(46-29)22-30-34(41)40-33(25-15-17-27(38)18-16-25)31(36(43)44-4-2)32(39-37(40)47-30)24-9-7-6-8-10-24/h6-20,22,33H,3-5,21H2,1-2H3/b30-22-/t33-/m1/s1. The zero-order valence-electron chi connectivity index (χ0n) is 25.8. The van der Waals surface area contributed by atoms with Crippen molar-refractivity contribution in [3.05, 3.63) is 144 Å². The van der Waals surface area contributed by atoms with Gasteiger partial charge in [-0.05, 0) is 55.3 Å². The minimum absolute atomic E-state index is 0.161. The van der Waals surface area contributed by atoms with Crippen LogP contribution in [0.2, 0.25) is 5.02 Å². The van der Waals surface area contributed by atoms with Gasteiger partial charge in [-0.3, -0.25) is 9.36 Å². The molecule has 3 heterocycles. The van der Waals surface area contributed by atoms with Gasteiger partial charge in [-0.2, -0.15) is 0 Å². The summed E-state index contributed by atoms with van der Waals surface area (Å²) in [6.45, 7) is 4.33. The van der Waals surface area contributed by atoms with Crippen molar-refractivity contribution in [3.8, 4) is 11.3 Å². The SMILES string of the molecule is CCCCOC(=O)c1ccc(-c2ccc(/C=c3\sc4n(c3=O)[C@H](c3ccc(Cl)cc3)C(C(=O)OCC)=C(c3ccccc3)N=4)o2)cc1. The minimum Gasteiger partial charge on any atom is -0.463 e. The van der Waals surface area contributed by atoms with Gasteiger partial charge in [0.2, 0.25) is 0 Å². The number of ether oxygens (including phenoxy) is 2. The lowest BCUT2D eigenvalue weighted by atomic mass is 9.93. The first-order valence-electron chi connectivity index (χ1n) is 15.3. The summed E-state index contributed by atoms with van der Waals surface area (Å²) in [6.07, 6.45) is 3.43. The van der Waals surface area contributed by atoms with E-state index in [2.05, 4.69) is 0 Å². The number of carbonyl (C=O) groups is 2. The predicted molar refractivity (Wildman–Crippen MR) is 182 cm³/mol. The smallest absolute Gasteiger partial charge is 0.338 e. The van der Waals surface area contributed by atoms with E-state index in [0.29, 0.717) is 49.3 Å². The predicted octanol–water partition coefficient (Wildman–Crippen LogP) is 6.81. The van der Waals surface area contributed by atoms with Crippen LogP contribution in [0.3, 0.4) is 0 Å². The van der Waals surface area contributed by atoms with Crippen molar-refractivity contribution in [2.75, 3.05) is 13.2 Å². The van der Waals surface area contributed by atoms with Gasteiger partial charge in [0.1, 0.15) is 11.5 Å². The molecule has 1 aliphatic rings. The van der Waals surface area contributed by atoms with E-state index < -0.39 is 12.0 Å². The molecule has 238 valence electrons. The molecule has 0 saturated heterocycles. The number of unbranched alkanes of at least 4 members (excludes halogenated alkanes) is 1. The number of rotatable bonds is 10. The highest BCUT2D eigenvalue weighted by atomic mass is 35.5. The van der Waals surface area contributed by atoms with Gasteiger partial charge in [-0.15, -0.1) is 0 Å². The van der Waals surface area contributed by atoms with E-state index in [0.717, 1.165) is 24.0 Å². The molecular formula is C37H31ClN2O6S. The van der Waals surface area contributed by atoms with Gasteiger partial charge in [-0.25, -0.2) is 14.6 Å². The van der Waals surface area contributed by atoms with Gasteiger partial charge in [0, 0.05) is 22.2 Å². The number of hydrogen-bond acceptors (Lipinski definition) is 8. The van der Waals surface area contributed by atoms with E-state index in [1.165, 1.54) is 15.9 Å². The lowest BCUT2D eigenvalue weighted by Crippen LogP contribution is -2.39. The molecule has 0 fully saturated rings. The van der Waals surface area contributed by atoms with E-state index in [4.69, 9.17) is 30.5 Å². The molecule has 0 saturated carbocycles. The van der Waals surface area contributed by atoms with E-state index in [1.807, 2.05) is 37.3 Å². The Labute approximate surface area is 279 Å². The van der Waals surface area contributed by atoms with Crippen molar-refractivity contribution < 1.29 is 23.5 Å². The van der Waals surface area contributed by atoms with Gasteiger partial charge in [0.25, 0.3) is 5.56 Å². The second-order valence-electron chi connectivity index (χ2n) is 10.8. The second kappa shape index (κ2) is 14.2. The molecule has 47 heavy (non-hydrogen) atoms. The number of nitrogens with zero attached hydrogens (tertiary/aromatic N) is 2. The Balaban J connectivity index is 1.41. The molecule has 0 spiro atoms. The molecule has 0 unspecified atom stereocenters. The van der Waals surface area contributed by atoms with Crippen LogP contribution in [0.5, 0.6) is 0 Å². The number of thiazole rings is 1. The lowest BCUT2D eigenvalue weighted by molar-refractivity contribution is -0.138. The summed E-state index contributed by atoms with van der Waals surface area (Å²) in [5.41, 5.74) is 3.02. The highest BCUT2D eigenvalue weighted by molar-refractivity contribution is 7.07. The normalized spacial score (nSPS) is 14.4. The van der Waals surface area contributed by atoms with Crippen molar-refractivity contribution in [2.24, 2.45) is 4.99 Å². The largest absolute Gasteiger partial charge is 0.463 e. The highest BCUT2D eigenvalue weighted by Gasteiger charge is 2.35. The second-order valence-corrected chi connectivity index (χ2v) is 12.2. The van der Waals surface area contributed by atoms with Crippen LogP contribution in [0.1, 0.15) is 60.0 Å². The molecule has 0 radical (unpaired) electrons. The first-order chi connectivity index (χ1) is 22.9. The molecule has 3 aromatic carbocycles. The van der Waals surface area contributed by atoms with Crippen LogP contribution < -0.4 is 14.9 Å². The van der Waals surface area contributed by atoms with E-state index in [1.54, 1.807) is 73.7 Å². The average Bonchev–Trinajstić information content (AvgIpc) is 3.69. The van der Waals surface area contributed by atoms with Crippen LogP contribution in [0.4, 0.5) is 0 Å². The average molecular weight is 667 g/mol. The maximum Gasteiger partial charge on any atom is 0.338 e. The maximum atomic E-state index is 14.1. The third-order valence-corrected chi connectivity index (χ3v) is 8.83. The summed E-state index contributed by atoms with van der Waals surface area (Å²) in [5.74, 6) is 0.119. The van der Waals surface area contributed by atoms with Gasteiger partial charge in [-0.1, -0.05) is 90.9 Å². The fourth-order valence-electron chi connectivity index (χ4n) is 5.28. The number of halogens is 1. The quantitative estimate of drug-likeness (QED) is 0.120. The Bertz CT molecular complexity index is 2130. The van der Waals surface area contributed by atoms with Crippen LogP contribution in [0, 0.1) is 0 Å². The minimum atomic E-state index is -0.806. The third kappa shape index (κ3) is 6.77. The Morgan fingerprint density at radius 3 is 2.36 bits per heavy atom. The van der Waals surface area contributed by atoms with Gasteiger partial charge < -0.3 is 13.9 Å². The molecule has 0 N–H and O–H groups in total. The molecule has 6 rings (SSSR count). The number of furan rings is 1. The topological polar surface area (TPSA) is 100 Å². The third-order valence-electron chi connectivity index (χ3n) is 7.60. The number of esters is 2. The summed E-state index contributed by atoms with van der Waals surface area (Å²) < 4.78 is 18.8. The summed E-state index contributed by atoms with van der Waals surface area (Å²) in [7, 11) is 0. The van der Waals surface area contributed by atoms with Crippen molar-refractivity contribution >= 4 is 46.6 Å². The van der Waals surface area contributed by atoms with Gasteiger partial charge in [0.05, 0.1) is 40.6 Å². The summed E-state index contributed by atoms with van der Waals surface area (Å²) in [5, 5.41) is 0.529. The number of hydrogen-bond donors (Lipinski definition) is 0. The van der Waals surface area contributed by atoms with Crippen LogP contribution in [-0.2, 0) is 14.3 Å². The summed E-state index contributed by atoms with van der Waals surface area (Å²) in [4.78, 5) is 45.3. The molecule has 10 heteroatoms. The Kier molecular flexibility index (Phi) is 9.65. The van der Waals surface area contributed by atoms with Gasteiger partial charge in [0.15, 0.2) is 4.80 Å². The van der Waals surface area contributed by atoms with E-state index in [9.17, 15) is 14.4 Å². The molecule has 0 amide bonds. The fraction of sp³-hybridized carbons (Fsp3) is 0.189. The number of fused-ring (bicyclic) bond motifs is 1. The van der Waals surface area contributed by atoms with Gasteiger partial charge >= 0.3 is 11.9 Å². The van der Waals surface area contributed by atoms with Crippen LogP contribution >= 0.6 is 22.9 Å². The molecule has 5 aromatic rings. The molecule has 1 atom stereocenters. The monoisotopic (exact) mass is 666 g/mol. The van der Waals surface area contributed by atoms with Crippen molar-refractivity contribution in [3.63, 3.8) is 0 Å².